The van der Waals surface area contributed by atoms with Crippen molar-refractivity contribution in [3.63, 3.8) is 0 Å². The highest BCUT2D eigenvalue weighted by Gasteiger charge is 2.21. The van der Waals surface area contributed by atoms with Gasteiger partial charge in [0.15, 0.2) is 0 Å². The summed E-state index contributed by atoms with van der Waals surface area (Å²) >= 11 is 0. The monoisotopic (exact) mass is 902 g/mol. The van der Waals surface area contributed by atoms with Crippen LogP contribution in [0.3, 0.4) is 0 Å². The van der Waals surface area contributed by atoms with Crippen LogP contribution >= 0.6 is 0 Å². The van der Waals surface area contributed by atoms with E-state index in [0.717, 1.165) is 32.1 Å². The van der Waals surface area contributed by atoms with Gasteiger partial charge in [-0.05, 0) is 44.9 Å². The van der Waals surface area contributed by atoms with Crippen molar-refractivity contribution in [3.05, 3.63) is 24.3 Å². The molecule has 0 aromatic heterocycles. The number of hydrogen-bond donors (Lipinski definition) is 4. The third-order valence-corrected chi connectivity index (χ3v) is 13.8. The van der Waals surface area contributed by atoms with Crippen molar-refractivity contribution in [1.29, 1.82) is 0 Å². The summed E-state index contributed by atoms with van der Waals surface area (Å²) in [5.41, 5.74) is 0. The number of carbonyl (C=O) groups is 1. The van der Waals surface area contributed by atoms with Crippen LogP contribution in [0.5, 0.6) is 0 Å². The van der Waals surface area contributed by atoms with Crippen LogP contribution in [0, 0.1) is 0 Å². The third kappa shape index (κ3) is 50.2. The summed E-state index contributed by atoms with van der Waals surface area (Å²) in [5, 5.41) is 33.6. The van der Waals surface area contributed by atoms with E-state index in [1.54, 1.807) is 0 Å². The van der Waals surface area contributed by atoms with E-state index >= 15 is 0 Å². The predicted octanol–water partition coefficient (Wildman–Crippen LogP) is 18.1. The Morgan fingerprint density at radius 2 is 0.672 bits per heavy atom. The van der Waals surface area contributed by atoms with Gasteiger partial charge < -0.3 is 20.6 Å². The van der Waals surface area contributed by atoms with Crippen LogP contribution in [-0.2, 0) is 4.79 Å². The zero-order chi connectivity index (χ0) is 46.5. The minimum absolute atomic E-state index is 0.0394. The summed E-state index contributed by atoms with van der Waals surface area (Å²) in [6.45, 7) is 4.29. The summed E-state index contributed by atoms with van der Waals surface area (Å²) in [6, 6.07) is -0.657. The predicted molar refractivity (Wildman–Crippen MR) is 282 cm³/mol. The van der Waals surface area contributed by atoms with Gasteiger partial charge in [0.1, 0.15) is 0 Å². The second-order valence-electron chi connectivity index (χ2n) is 20.3. The van der Waals surface area contributed by atoms with Gasteiger partial charge in [0, 0.05) is 0 Å². The Morgan fingerprint density at radius 3 is 0.984 bits per heavy atom. The fourth-order valence-electron chi connectivity index (χ4n) is 9.32. The number of carbonyl (C=O) groups excluding carboxylic acids is 1. The van der Waals surface area contributed by atoms with Crippen LogP contribution in [0.4, 0.5) is 0 Å². The summed E-state index contributed by atoms with van der Waals surface area (Å²) in [6.07, 6.45) is 69.2. The first-order valence-corrected chi connectivity index (χ1v) is 29.1. The molecule has 380 valence electrons. The molecule has 0 rings (SSSR count). The lowest BCUT2D eigenvalue weighted by molar-refractivity contribution is -0.125. The number of amides is 1. The second-order valence-corrected chi connectivity index (χ2v) is 20.3. The van der Waals surface area contributed by atoms with Crippen LogP contribution in [0.1, 0.15) is 322 Å². The van der Waals surface area contributed by atoms with Crippen molar-refractivity contribution < 1.29 is 20.1 Å². The van der Waals surface area contributed by atoms with Crippen molar-refractivity contribution in [3.8, 4) is 0 Å². The maximum atomic E-state index is 12.5. The van der Waals surface area contributed by atoms with Gasteiger partial charge in [0.2, 0.25) is 5.91 Å². The fraction of sp³-hybridized carbons (Fsp3) is 0.915. The van der Waals surface area contributed by atoms with Gasteiger partial charge in [-0.3, -0.25) is 4.79 Å². The van der Waals surface area contributed by atoms with Crippen LogP contribution in [-0.4, -0.2) is 46.1 Å². The molecule has 4 N–H and O–H groups in total. The molecule has 3 unspecified atom stereocenters. The Labute approximate surface area is 401 Å². The highest BCUT2D eigenvalue weighted by molar-refractivity contribution is 5.76. The van der Waals surface area contributed by atoms with Crippen LogP contribution in [0.15, 0.2) is 24.3 Å². The Hall–Kier alpha value is -1.17. The lowest BCUT2D eigenvalue weighted by Gasteiger charge is -2.23. The average Bonchev–Trinajstić information content (AvgIpc) is 3.29. The molecule has 0 aromatic rings. The molecule has 0 aliphatic carbocycles. The quantitative estimate of drug-likeness (QED) is 0.0362. The Bertz CT molecular complexity index is 951. The normalized spacial score (nSPS) is 13.4. The lowest BCUT2D eigenvalue weighted by Crippen LogP contribution is -2.46. The fourth-order valence-corrected chi connectivity index (χ4v) is 9.32. The van der Waals surface area contributed by atoms with Crippen molar-refractivity contribution in [2.75, 3.05) is 6.61 Å². The standard InChI is InChI=1S/C59H115NO4/c1-3-5-7-9-11-13-15-17-19-21-22-23-24-25-26-27-28-29-30-31-32-33-34-35-36-37-38-40-42-44-46-48-50-52-56(62)54-59(64)60-57(55-61)58(63)53-51-49-47-45-43-41-39-20-18-16-14-12-10-8-6-4-2/h24-25,27-28,56-58,61-63H,3-23,26,29-55H2,1-2H3,(H,60,64)/b25-24-,28-27-. The topological polar surface area (TPSA) is 89.8 Å². The smallest absolute Gasteiger partial charge is 0.222 e. The summed E-state index contributed by atoms with van der Waals surface area (Å²) in [4.78, 5) is 12.5. The number of rotatable bonds is 54. The highest BCUT2D eigenvalue weighted by Crippen LogP contribution is 2.18. The molecule has 1 amide bonds. The van der Waals surface area contributed by atoms with Crippen LogP contribution < -0.4 is 5.32 Å². The molecule has 64 heavy (non-hydrogen) atoms. The van der Waals surface area contributed by atoms with E-state index in [2.05, 4.69) is 43.5 Å². The lowest BCUT2D eigenvalue weighted by atomic mass is 10.0. The molecule has 0 radical (unpaired) electrons. The van der Waals surface area contributed by atoms with E-state index < -0.39 is 18.2 Å². The Balaban J connectivity index is 3.48. The SMILES string of the molecule is CCCCCCCCCCCCC/C=C\C/C=C\CCCCCCCCCCCCCCCCCC(O)CC(=O)NC(CO)C(O)CCCCCCCCCCCCCCCCCC. The number of nitrogens with one attached hydrogen (secondary N) is 1. The summed E-state index contributed by atoms with van der Waals surface area (Å²) in [5.74, 6) is -0.278. The number of aliphatic hydroxyl groups is 3. The van der Waals surface area contributed by atoms with E-state index in [1.165, 1.54) is 257 Å². The maximum Gasteiger partial charge on any atom is 0.222 e. The van der Waals surface area contributed by atoms with E-state index in [0.29, 0.717) is 12.8 Å². The molecule has 0 saturated carbocycles. The molecule has 0 fully saturated rings. The molecule has 0 heterocycles. The Morgan fingerprint density at radius 1 is 0.391 bits per heavy atom. The maximum absolute atomic E-state index is 12.5. The molecular formula is C59H115NO4. The van der Waals surface area contributed by atoms with Gasteiger partial charge >= 0.3 is 0 Å². The molecule has 0 aromatic carbocycles. The second kappa shape index (κ2) is 54.4. The third-order valence-electron chi connectivity index (χ3n) is 13.8. The molecule has 3 atom stereocenters. The van der Waals surface area contributed by atoms with Crippen molar-refractivity contribution >= 4 is 5.91 Å². The van der Waals surface area contributed by atoms with Crippen molar-refractivity contribution in [2.24, 2.45) is 0 Å². The van der Waals surface area contributed by atoms with E-state index in [9.17, 15) is 20.1 Å². The molecule has 0 aliphatic heterocycles. The van der Waals surface area contributed by atoms with E-state index in [-0.39, 0.29) is 18.9 Å². The van der Waals surface area contributed by atoms with Gasteiger partial charge in [-0.25, -0.2) is 0 Å². The van der Waals surface area contributed by atoms with Gasteiger partial charge in [0.05, 0.1) is 31.3 Å². The van der Waals surface area contributed by atoms with Crippen LogP contribution in [0.2, 0.25) is 0 Å². The molecule has 0 bridgehead atoms. The zero-order valence-corrected chi connectivity index (χ0v) is 43.4. The van der Waals surface area contributed by atoms with Crippen LogP contribution in [0.25, 0.3) is 0 Å². The minimum Gasteiger partial charge on any atom is -0.394 e. The first kappa shape index (κ1) is 62.8. The van der Waals surface area contributed by atoms with Gasteiger partial charge in [-0.1, -0.05) is 295 Å². The first-order valence-electron chi connectivity index (χ1n) is 29.1. The zero-order valence-electron chi connectivity index (χ0n) is 43.4. The van der Waals surface area contributed by atoms with Gasteiger partial charge in [0.25, 0.3) is 0 Å². The molecule has 0 saturated heterocycles. The summed E-state index contributed by atoms with van der Waals surface area (Å²) < 4.78 is 0. The largest absolute Gasteiger partial charge is 0.394 e. The van der Waals surface area contributed by atoms with Crippen molar-refractivity contribution in [2.45, 2.75) is 340 Å². The number of unbranched alkanes of at least 4 members (excludes halogenated alkanes) is 41. The molecule has 5 heteroatoms. The average molecular weight is 903 g/mol. The number of aliphatic hydroxyl groups excluding tert-OH is 3. The van der Waals surface area contributed by atoms with Gasteiger partial charge in [-0.15, -0.1) is 0 Å². The minimum atomic E-state index is -0.748. The van der Waals surface area contributed by atoms with Gasteiger partial charge in [-0.2, -0.15) is 0 Å². The Kier molecular flexibility index (Phi) is 53.4. The number of allylic oxidation sites excluding steroid dienone is 4. The number of hydrogen-bond acceptors (Lipinski definition) is 4. The summed E-state index contributed by atoms with van der Waals surface area (Å²) in [7, 11) is 0. The highest BCUT2D eigenvalue weighted by atomic mass is 16.3. The molecular weight excluding hydrogens is 787 g/mol. The van der Waals surface area contributed by atoms with E-state index in [4.69, 9.17) is 0 Å². The first-order chi connectivity index (χ1) is 31.5. The molecule has 0 spiro atoms. The molecule has 5 nitrogen and oxygen atoms in total. The molecule has 0 aliphatic rings. The van der Waals surface area contributed by atoms with E-state index in [1.807, 2.05) is 0 Å². The van der Waals surface area contributed by atoms with Crippen molar-refractivity contribution in [1.82, 2.24) is 5.32 Å².